The number of nitrogen functional groups attached to an aromatic ring is 1. The number of halogens is 3. The van der Waals surface area contributed by atoms with Gasteiger partial charge in [0.25, 0.3) is 0 Å². The van der Waals surface area contributed by atoms with Crippen LogP contribution in [0.5, 0.6) is 0 Å². The highest BCUT2D eigenvalue weighted by Gasteiger charge is 2.22. The average Bonchev–Trinajstić information content (AvgIpc) is 2.81. The minimum Gasteiger partial charge on any atom is -0.380 e. The Balaban J connectivity index is 2.28. The summed E-state index contributed by atoms with van der Waals surface area (Å²) in [6, 6.07) is 11.8. The van der Waals surface area contributed by atoms with Crippen LogP contribution in [-0.4, -0.2) is 5.16 Å². The lowest BCUT2D eigenvalue weighted by Gasteiger charge is -2.06. The van der Waals surface area contributed by atoms with Crippen molar-refractivity contribution in [3.63, 3.8) is 0 Å². The number of hydrogen-bond donors (Lipinski definition) is 1. The maximum Gasteiger partial charge on any atom is 0.177 e. The van der Waals surface area contributed by atoms with Crippen LogP contribution in [0.15, 0.2) is 51.5 Å². The molecule has 0 atom stereocenters. The van der Waals surface area contributed by atoms with Gasteiger partial charge in [0.05, 0.1) is 10.6 Å². The first-order chi connectivity index (χ1) is 10.1. The Labute approximate surface area is 133 Å². The highest BCUT2D eigenvalue weighted by Crippen LogP contribution is 2.41. The first-order valence-corrected chi connectivity index (χ1v) is 7.20. The third kappa shape index (κ3) is 2.54. The van der Waals surface area contributed by atoms with E-state index >= 15 is 0 Å². The zero-order valence-electron chi connectivity index (χ0n) is 10.6. The van der Waals surface area contributed by atoms with Gasteiger partial charge in [-0.1, -0.05) is 50.9 Å². The van der Waals surface area contributed by atoms with Gasteiger partial charge in [-0.25, -0.2) is 4.39 Å². The topological polar surface area (TPSA) is 52.0 Å². The maximum absolute atomic E-state index is 14.2. The number of aromatic nitrogens is 1. The van der Waals surface area contributed by atoms with E-state index in [4.69, 9.17) is 21.9 Å². The molecule has 0 fully saturated rings. The Morgan fingerprint density at radius 3 is 2.62 bits per heavy atom. The molecule has 6 heteroatoms. The maximum atomic E-state index is 14.2. The Bertz CT molecular complexity index is 799. The number of rotatable bonds is 2. The van der Waals surface area contributed by atoms with E-state index in [1.165, 1.54) is 12.1 Å². The highest BCUT2D eigenvalue weighted by molar-refractivity contribution is 9.10. The number of nitrogens with two attached hydrogens (primary N) is 1. The smallest absolute Gasteiger partial charge is 0.177 e. The largest absolute Gasteiger partial charge is 0.380 e. The van der Waals surface area contributed by atoms with E-state index in [9.17, 15) is 4.39 Å². The van der Waals surface area contributed by atoms with Crippen molar-refractivity contribution in [1.29, 1.82) is 0 Å². The van der Waals surface area contributed by atoms with Crippen molar-refractivity contribution < 1.29 is 8.91 Å². The van der Waals surface area contributed by atoms with Crippen molar-refractivity contribution in [2.45, 2.75) is 0 Å². The molecule has 0 radical (unpaired) electrons. The van der Waals surface area contributed by atoms with Crippen LogP contribution in [0.25, 0.3) is 22.5 Å². The second kappa shape index (κ2) is 5.50. The Hall–Kier alpha value is -1.85. The molecule has 0 unspecified atom stereocenters. The summed E-state index contributed by atoms with van der Waals surface area (Å²) in [7, 11) is 0. The van der Waals surface area contributed by atoms with Gasteiger partial charge in [0.15, 0.2) is 11.6 Å². The molecule has 106 valence electrons. The lowest BCUT2D eigenvalue weighted by Crippen LogP contribution is -1.92. The first-order valence-electron chi connectivity index (χ1n) is 6.03. The fourth-order valence-corrected chi connectivity index (χ4v) is 2.76. The Kier molecular flexibility index (Phi) is 3.69. The van der Waals surface area contributed by atoms with Crippen molar-refractivity contribution in [3.8, 4) is 22.5 Å². The summed E-state index contributed by atoms with van der Waals surface area (Å²) in [6.45, 7) is 0. The molecule has 3 rings (SSSR count). The number of anilines is 1. The summed E-state index contributed by atoms with van der Waals surface area (Å²) >= 11 is 9.49. The molecule has 0 aliphatic heterocycles. The first kappa shape index (κ1) is 14.1. The van der Waals surface area contributed by atoms with Crippen LogP contribution >= 0.6 is 27.5 Å². The highest BCUT2D eigenvalue weighted by atomic mass is 79.9. The van der Waals surface area contributed by atoms with Crippen LogP contribution in [0.2, 0.25) is 5.02 Å². The summed E-state index contributed by atoms with van der Waals surface area (Å²) in [5, 5.41) is 3.99. The van der Waals surface area contributed by atoms with Gasteiger partial charge in [-0.2, -0.15) is 0 Å². The van der Waals surface area contributed by atoms with Gasteiger partial charge in [-0.15, -0.1) is 0 Å². The van der Waals surface area contributed by atoms with Crippen molar-refractivity contribution in [2.24, 2.45) is 0 Å². The summed E-state index contributed by atoms with van der Waals surface area (Å²) in [5.74, 6) is -0.00794. The minimum absolute atomic E-state index is 0.0944. The predicted molar refractivity (Wildman–Crippen MR) is 84.5 cm³/mol. The van der Waals surface area contributed by atoms with Gasteiger partial charge >= 0.3 is 0 Å². The molecule has 0 saturated heterocycles. The molecular formula is C15H9BrClFN2O. The van der Waals surface area contributed by atoms with Crippen molar-refractivity contribution in [2.75, 3.05) is 5.73 Å². The fourth-order valence-electron chi connectivity index (χ4n) is 2.11. The molecule has 1 aromatic heterocycles. The van der Waals surface area contributed by atoms with E-state index in [0.29, 0.717) is 11.3 Å². The van der Waals surface area contributed by atoms with Crippen LogP contribution in [0.1, 0.15) is 0 Å². The number of benzene rings is 2. The predicted octanol–water partition coefficient (Wildman–Crippen LogP) is 5.15. The van der Waals surface area contributed by atoms with Crippen LogP contribution in [-0.2, 0) is 0 Å². The van der Waals surface area contributed by atoms with E-state index in [2.05, 4.69) is 21.1 Å². The van der Waals surface area contributed by atoms with E-state index in [1.807, 2.05) is 24.3 Å². The lowest BCUT2D eigenvalue weighted by molar-refractivity contribution is 0.436. The molecular weight excluding hydrogens is 359 g/mol. The Morgan fingerprint density at radius 1 is 1.14 bits per heavy atom. The zero-order valence-corrected chi connectivity index (χ0v) is 13.0. The summed E-state index contributed by atoms with van der Waals surface area (Å²) < 4.78 is 20.3. The standard InChI is InChI=1S/C15H9BrClFN2O/c16-9-4-1-3-8(7-9)14-13(15(19)20-21-14)12-10(17)5-2-6-11(12)18/h1-7H,(H2,19,20). The van der Waals surface area contributed by atoms with E-state index < -0.39 is 5.82 Å². The van der Waals surface area contributed by atoms with Crippen LogP contribution in [0.4, 0.5) is 10.2 Å². The molecule has 3 aromatic rings. The monoisotopic (exact) mass is 366 g/mol. The molecule has 1 heterocycles. The molecule has 0 bridgehead atoms. The second-order valence-electron chi connectivity index (χ2n) is 4.38. The van der Waals surface area contributed by atoms with Crippen molar-refractivity contribution in [3.05, 3.63) is 57.8 Å². The minimum atomic E-state index is -0.478. The fraction of sp³-hybridized carbons (Fsp3) is 0. The Morgan fingerprint density at radius 2 is 1.90 bits per heavy atom. The van der Waals surface area contributed by atoms with Crippen molar-refractivity contribution >= 4 is 33.3 Å². The van der Waals surface area contributed by atoms with Gasteiger partial charge in [0.2, 0.25) is 0 Å². The van der Waals surface area contributed by atoms with Gasteiger partial charge in [-0.05, 0) is 24.3 Å². The van der Waals surface area contributed by atoms with Crippen LogP contribution in [0.3, 0.4) is 0 Å². The van der Waals surface area contributed by atoms with E-state index in [1.54, 1.807) is 6.07 Å². The number of hydrogen-bond acceptors (Lipinski definition) is 3. The van der Waals surface area contributed by atoms with Gasteiger partial charge in [0, 0.05) is 15.6 Å². The van der Waals surface area contributed by atoms with Crippen LogP contribution in [0, 0.1) is 5.82 Å². The van der Waals surface area contributed by atoms with E-state index in [-0.39, 0.29) is 16.4 Å². The molecule has 2 aromatic carbocycles. The summed E-state index contributed by atoms with van der Waals surface area (Å²) in [6.07, 6.45) is 0. The molecule has 2 N–H and O–H groups in total. The third-order valence-corrected chi connectivity index (χ3v) is 3.83. The molecule has 0 aliphatic carbocycles. The normalized spacial score (nSPS) is 10.8. The zero-order chi connectivity index (χ0) is 15.0. The number of nitrogens with zero attached hydrogens (tertiary/aromatic N) is 1. The van der Waals surface area contributed by atoms with Gasteiger partial charge in [0.1, 0.15) is 5.82 Å². The summed E-state index contributed by atoms with van der Waals surface area (Å²) in [4.78, 5) is 0. The SMILES string of the molecule is Nc1noc(-c2cccc(Br)c2)c1-c1c(F)cccc1Cl. The van der Waals surface area contributed by atoms with Crippen molar-refractivity contribution in [1.82, 2.24) is 5.16 Å². The molecule has 21 heavy (non-hydrogen) atoms. The van der Waals surface area contributed by atoms with Gasteiger partial charge in [-0.3, -0.25) is 0 Å². The second-order valence-corrected chi connectivity index (χ2v) is 5.70. The molecule has 0 amide bonds. The van der Waals surface area contributed by atoms with Gasteiger partial charge < -0.3 is 10.3 Å². The average molecular weight is 368 g/mol. The molecule has 0 aliphatic rings. The molecule has 0 saturated carbocycles. The van der Waals surface area contributed by atoms with Crippen LogP contribution < -0.4 is 5.73 Å². The molecule has 3 nitrogen and oxygen atoms in total. The lowest BCUT2D eigenvalue weighted by atomic mass is 10.0. The molecule has 0 spiro atoms. The third-order valence-electron chi connectivity index (χ3n) is 3.02. The van der Waals surface area contributed by atoms with E-state index in [0.717, 1.165) is 10.0 Å². The quantitative estimate of drug-likeness (QED) is 0.682. The summed E-state index contributed by atoms with van der Waals surface area (Å²) in [5.41, 5.74) is 7.12.